The van der Waals surface area contributed by atoms with Crippen LogP contribution in [-0.2, 0) is 14.8 Å². The number of carbonyl (C=O) groups is 1. The molecule has 8 nitrogen and oxygen atoms in total. The predicted octanol–water partition coefficient (Wildman–Crippen LogP) is -1.45. The van der Waals surface area contributed by atoms with E-state index in [0.29, 0.717) is 25.9 Å². The number of aliphatic carboxylic acids is 1. The largest absolute Gasteiger partial charge is 0.480 e. The number of hydrogen-bond acceptors (Lipinski definition) is 6. The second kappa shape index (κ2) is 6.08. The van der Waals surface area contributed by atoms with Crippen molar-refractivity contribution in [3.05, 3.63) is 0 Å². The fourth-order valence-corrected chi connectivity index (χ4v) is 4.91. The first-order valence-electron chi connectivity index (χ1n) is 7.39. The van der Waals surface area contributed by atoms with Crippen LogP contribution in [0.5, 0.6) is 0 Å². The highest BCUT2D eigenvalue weighted by Crippen LogP contribution is 2.49. The number of nitrogens with two attached hydrogens (primary N) is 1. The van der Waals surface area contributed by atoms with Gasteiger partial charge in [0, 0.05) is 13.1 Å². The Hall–Kier alpha value is -0.675. The van der Waals surface area contributed by atoms with Crippen molar-refractivity contribution in [3.63, 3.8) is 0 Å². The molecular weight excluding hydrogens is 311 g/mol. The third-order valence-electron chi connectivity index (χ3n) is 5.08. The quantitative estimate of drug-likeness (QED) is 0.435. The van der Waals surface area contributed by atoms with Gasteiger partial charge in [0.25, 0.3) is 0 Å². The Morgan fingerprint density at radius 1 is 1.41 bits per heavy atom. The molecule has 2 aliphatic rings. The fraction of sp³-hybridized carbons (Fsp3) is 0.917. The average Bonchev–Trinajstić information content (AvgIpc) is 2.86. The lowest BCUT2D eigenvalue weighted by molar-refractivity contribution is -0.145. The number of sulfonamides is 1. The minimum Gasteiger partial charge on any atom is -0.480 e. The first-order valence-corrected chi connectivity index (χ1v) is 9.24. The molecule has 5 N–H and O–H groups in total. The van der Waals surface area contributed by atoms with E-state index in [9.17, 15) is 18.3 Å². The van der Waals surface area contributed by atoms with Crippen molar-refractivity contribution >= 4 is 23.1 Å². The monoisotopic (exact) mass is 334 g/mol. The van der Waals surface area contributed by atoms with E-state index in [-0.39, 0.29) is 30.5 Å². The lowest BCUT2D eigenvalue weighted by Crippen LogP contribution is -2.53. The van der Waals surface area contributed by atoms with E-state index in [0.717, 1.165) is 6.26 Å². The van der Waals surface area contributed by atoms with Gasteiger partial charge in [-0.15, -0.1) is 0 Å². The van der Waals surface area contributed by atoms with Gasteiger partial charge in [0.2, 0.25) is 10.0 Å². The van der Waals surface area contributed by atoms with Gasteiger partial charge < -0.3 is 20.9 Å². The maximum absolute atomic E-state index is 11.7. The molecule has 4 atom stereocenters. The number of carboxylic acids is 1. The lowest BCUT2D eigenvalue weighted by atomic mass is 9.76. The van der Waals surface area contributed by atoms with Crippen molar-refractivity contribution in [2.75, 3.05) is 19.3 Å². The molecule has 0 amide bonds. The zero-order chi connectivity index (χ0) is 16.7. The van der Waals surface area contributed by atoms with Crippen LogP contribution in [0.25, 0.3) is 0 Å². The van der Waals surface area contributed by atoms with Gasteiger partial charge >= 0.3 is 13.1 Å². The van der Waals surface area contributed by atoms with E-state index >= 15 is 0 Å². The Morgan fingerprint density at radius 2 is 2.05 bits per heavy atom. The van der Waals surface area contributed by atoms with Gasteiger partial charge in [-0.25, -0.2) is 12.7 Å². The molecule has 0 aromatic rings. The van der Waals surface area contributed by atoms with Crippen molar-refractivity contribution in [2.24, 2.45) is 23.5 Å². The summed E-state index contributed by atoms with van der Waals surface area (Å²) in [6, 6.07) is 0. The van der Waals surface area contributed by atoms with Crippen LogP contribution >= 0.6 is 0 Å². The normalized spacial score (nSPS) is 35.5. The molecule has 0 spiro atoms. The van der Waals surface area contributed by atoms with E-state index in [2.05, 4.69) is 0 Å². The molecule has 126 valence electrons. The second-order valence-electron chi connectivity index (χ2n) is 6.57. The van der Waals surface area contributed by atoms with Crippen molar-refractivity contribution in [2.45, 2.75) is 31.1 Å². The van der Waals surface area contributed by atoms with E-state index < -0.39 is 28.6 Å². The van der Waals surface area contributed by atoms with Gasteiger partial charge in [-0.3, -0.25) is 4.79 Å². The van der Waals surface area contributed by atoms with Gasteiger partial charge in [0.15, 0.2) is 0 Å². The van der Waals surface area contributed by atoms with Crippen LogP contribution in [0.4, 0.5) is 0 Å². The summed E-state index contributed by atoms with van der Waals surface area (Å²) in [5.74, 6) is -1.57. The highest BCUT2D eigenvalue weighted by Gasteiger charge is 2.58. The molecule has 1 saturated heterocycles. The molecule has 1 heterocycles. The van der Waals surface area contributed by atoms with Crippen LogP contribution in [0.3, 0.4) is 0 Å². The first kappa shape index (κ1) is 17.7. The van der Waals surface area contributed by atoms with Crippen molar-refractivity contribution < 1.29 is 28.4 Å². The molecule has 0 aromatic carbocycles. The maximum atomic E-state index is 11.7. The van der Waals surface area contributed by atoms with Crippen LogP contribution in [0.1, 0.15) is 19.3 Å². The smallest absolute Gasteiger partial charge is 0.451 e. The number of fused-ring (bicyclic) bond motifs is 1. The Morgan fingerprint density at radius 3 is 2.55 bits per heavy atom. The lowest BCUT2D eigenvalue weighted by Gasteiger charge is -2.31. The summed E-state index contributed by atoms with van der Waals surface area (Å²) < 4.78 is 24.8. The van der Waals surface area contributed by atoms with E-state index in [4.69, 9.17) is 15.8 Å². The standard InChI is InChI=1S/C12H23BN2O6S/c1-22(20,21)15-6-8-5-12(14,11(16)17)10(9(8)7-15)3-2-4-13(18)19/h8-10,18-19H,2-7,14H2,1H3,(H,16,17). The van der Waals surface area contributed by atoms with E-state index in [1.54, 1.807) is 0 Å². The summed E-state index contributed by atoms with van der Waals surface area (Å²) in [4.78, 5) is 11.6. The zero-order valence-electron chi connectivity index (χ0n) is 12.6. The topological polar surface area (TPSA) is 141 Å². The SMILES string of the molecule is CS(=O)(=O)N1CC2CC(N)(C(=O)O)C(CCCB(O)O)C2C1. The third kappa shape index (κ3) is 3.30. The summed E-state index contributed by atoms with van der Waals surface area (Å²) >= 11 is 0. The molecule has 0 aromatic heterocycles. The van der Waals surface area contributed by atoms with Gasteiger partial charge in [0.1, 0.15) is 5.54 Å². The summed E-state index contributed by atoms with van der Waals surface area (Å²) in [6.07, 6.45) is 2.44. The van der Waals surface area contributed by atoms with Gasteiger partial charge in [-0.05, 0) is 36.9 Å². The highest BCUT2D eigenvalue weighted by atomic mass is 32.2. The molecule has 0 radical (unpaired) electrons. The van der Waals surface area contributed by atoms with Crippen LogP contribution in [0.15, 0.2) is 0 Å². The number of nitrogens with zero attached hydrogens (tertiary/aromatic N) is 1. The van der Waals surface area contributed by atoms with Crippen molar-refractivity contribution in [1.82, 2.24) is 4.31 Å². The van der Waals surface area contributed by atoms with Gasteiger partial charge in [-0.2, -0.15) is 0 Å². The second-order valence-corrected chi connectivity index (χ2v) is 8.55. The zero-order valence-corrected chi connectivity index (χ0v) is 13.4. The predicted molar refractivity (Wildman–Crippen MR) is 80.3 cm³/mol. The van der Waals surface area contributed by atoms with Crippen LogP contribution in [0, 0.1) is 17.8 Å². The summed E-state index contributed by atoms with van der Waals surface area (Å²) in [5, 5.41) is 27.3. The van der Waals surface area contributed by atoms with Crippen LogP contribution in [0.2, 0.25) is 6.32 Å². The molecule has 1 aliphatic carbocycles. The summed E-state index contributed by atoms with van der Waals surface area (Å²) in [7, 11) is -4.72. The summed E-state index contributed by atoms with van der Waals surface area (Å²) in [5.41, 5.74) is 4.75. The molecular formula is C12H23BN2O6S. The van der Waals surface area contributed by atoms with Crippen molar-refractivity contribution in [3.8, 4) is 0 Å². The van der Waals surface area contributed by atoms with Gasteiger partial charge in [0.05, 0.1) is 6.26 Å². The molecule has 2 rings (SSSR count). The van der Waals surface area contributed by atoms with Gasteiger partial charge in [-0.1, -0.05) is 6.42 Å². The fourth-order valence-electron chi connectivity index (χ4n) is 4.00. The van der Waals surface area contributed by atoms with Crippen LogP contribution < -0.4 is 5.73 Å². The van der Waals surface area contributed by atoms with Crippen LogP contribution in [-0.4, -0.2) is 65.8 Å². The molecule has 22 heavy (non-hydrogen) atoms. The Labute approximate surface area is 130 Å². The molecule has 10 heteroatoms. The third-order valence-corrected chi connectivity index (χ3v) is 6.32. The van der Waals surface area contributed by atoms with E-state index in [1.807, 2.05) is 0 Å². The minimum atomic E-state index is -3.29. The first-order chi connectivity index (χ1) is 10.1. The van der Waals surface area contributed by atoms with Crippen molar-refractivity contribution in [1.29, 1.82) is 0 Å². The van der Waals surface area contributed by atoms with E-state index in [1.165, 1.54) is 4.31 Å². The number of hydrogen-bond donors (Lipinski definition) is 4. The number of rotatable bonds is 6. The Kier molecular flexibility index (Phi) is 4.89. The minimum absolute atomic E-state index is 0.0557. The Bertz CT molecular complexity index is 542. The average molecular weight is 334 g/mol. The highest BCUT2D eigenvalue weighted by molar-refractivity contribution is 7.88. The number of carboxylic acid groups (broad SMARTS) is 1. The molecule has 2 fully saturated rings. The summed E-state index contributed by atoms with van der Waals surface area (Å²) in [6.45, 7) is 0.608. The molecule has 4 unspecified atom stereocenters. The molecule has 0 bridgehead atoms. The molecule has 1 aliphatic heterocycles. The Balaban J connectivity index is 2.15. The maximum Gasteiger partial charge on any atom is 0.451 e. The molecule has 1 saturated carbocycles.